The van der Waals surface area contributed by atoms with E-state index in [1.54, 1.807) is 21.9 Å². The topological polar surface area (TPSA) is 76.9 Å². The van der Waals surface area contributed by atoms with Crippen LogP contribution in [0.1, 0.15) is 57.6 Å². The molecule has 0 spiro atoms. The number of benzene rings is 2. The van der Waals surface area contributed by atoms with E-state index in [-0.39, 0.29) is 18.2 Å². The number of ether oxygens (including phenoxy) is 1. The first-order chi connectivity index (χ1) is 17.5. The standard InChI is InChI=1S/C29H35ClN4O3/c1-28(2,3)37-27(36)32(4)29(19-22-6-5-7-23(30)18-22)14-12-25(13-15-29)34-17-16-33(26(34)35)24-10-8-21(20-31)9-11-24/h5-11,18,25H,12-17,19H2,1-4H3. The number of nitrogens with zero attached hydrogens (tertiary/aromatic N) is 4. The van der Waals surface area contributed by atoms with Crippen LogP contribution in [0.4, 0.5) is 15.3 Å². The molecular formula is C29H35ClN4O3. The SMILES string of the molecule is CN(C(=O)OC(C)(C)C)C1(Cc2cccc(Cl)c2)CCC(N2CCN(c3ccc(C#N)cc3)C2=O)CC1. The van der Waals surface area contributed by atoms with Crippen molar-refractivity contribution in [3.05, 3.63) is 64.7 Å². The minimum absolute atomic E-state index is 0.00227. The fourth-order valence-corrected chi connectivity index (χ4v) is 5.69. The van der Waals surface area contributed by atoms with Gasteiger partial charge >= 0.3 is 12.1 Å². The molecule has 3 amide bonds. The fourth-order valence-electron chi connectivity index (χ4n) is 5.48. The second-order valence-electron chi connectivity index (χ2n) is 11.1. The predicted molar refractivity (Wildman–Crippen MR) is 145 cm³/mol. The smallest absolute Gasteiger partial charge is 0.410 e. The number of carbonyl (C=O) groups is 2. The van der Waals surface area contributed by atoms with E-state index < -0.39 is 11.1 Å². The highest BCUT2D eigenvalue weighted by Crippen LogP contribution is 2.40. The van der Waals surface area contributed by atoms with Crippen LogP contribution < -0.4 is 4.90 Å². The van der Waals surface area contributed by atoms with E-state index >= 15 is 0 Å². The van der Waals surface area contributed by atoms with Crippen LogP contribution in [0.5, 0.6) is 0 Å². The van der Waals surface area contributed by atoms with Crippen molar-refractivity contribution in [1.29, 1.82) is 5.26 Å². The average molecular weight is 523 g/mol. The van der Waals surface area contributed by atoms with E-state index in [0.29, 0.717) is 30.1 Å². The van der Waals surface area contributed by atoms with Crippen LogP contribution in [0.25, 0.3) is 0 Å². The molecule has 8 heteroatoms. The first-order valence-electron chi connectivity index (χ1n) is 12.8. The lowest BCUT2D eigenvalue weighted by atomic mass is 9.74. The van der Waals surface area contributed by atoms with Gasteiger partial charge < -0.3 is 14.5 Å². The molecule has 0 unspecified atom stereocenters. The molecule has 1 saturated carbocycles. The number of likely N-dealkylation sites (N-methyl/N-ethyl adjacent to an activating group) is 1. The fraction of sp³-hybridized carbons (Fsp3) is 0.483. The largest absolute Gasteiger partial charge is 0.444 e. The van der Waals surface area contributed by atoms with E-state index in [1.165, 1.54) is 0 Å². The minimum atomic E-state index is -0.587. The van der Waals surface area contributed by atoms with Crippen LogP contribution in [-0.2, 0) is 11.2 Å². The summed E-state index contributed by atoms with van der Waals surface area (Å²) in [5.74, 6) is 0. The zero-order valence-electron chi connectivity index (χ0n) is 22.0. The molecule has 1 aliphatic heterocycles. The summed E-state index contributed by atoms with van der Waals surface area (Å²) in [7, 11) is 1.83. The van der Waals surface area contributed by atoms with Crippen molar-refractivity contribution in [3.8, 4) is 6.07 Å². The molecule has 2 fully saturated rings. The third kappa shape index (κ3) is 6.02. The predicted octanol–water partition coefficient (Wildman–Crippen LogP) is 6.24. The molecule has 2 aliphatic rings. The molecule has 0 N–H and O–H groups in total. The maximum Gasteiger partial charge on any atom is 0.410 e. The van der Waals surface area contributed by atoms with Crippen molar-refractivity contribution < 1.29 is 14.3 Å². The van der Waals surface area contributed by atoms with Crippen LogP contribution in [0.15, 0.2) is 48.5 Å². The Labute approximate surface area is 224 Å². The number of carbonyl (C=O) groups excluding carboxylic acids is 2. The molecule has 196 valence electrons. The Morgan fingerprint density at radius 2 is 1.84 bits per heavy atom. The van der Waals surface area contributed by atoms with Gasteiger partial charge in [0.15, 0.2) is 0 Å². The van der Waals surface area contributed by atoms with Gasteiger partial charge in [0.2, 0.25) is 0 Å². The minimum Gasteiger partial charge on any atom is -0.444 e. The van der Waals surface area contributed by atoms with Gasteiger partial charge in [0.05, 0.1) is 17.2 Å². The summed E-state index contributed by atoms with van der Waals surface area (Å²) in [6.45, 7) is 6.90. The lowest BCUT2D eigenvalue weighted by Gasteiger charge is -2.48. The molecule has 1 saturated heterocycles. The van der Waals surface area contributed by atoms with Crippen LogP contribution in [0.2, 0.25) is 5.02 Å². The summed E-state index contributed by atoms with van der Waals surface area (Å²) in [6.07, 6.45) is 3.42. The summed E-state index contributed by atoms with van der Waals surface area (Å²) >= 11 is 6.27. The molecule has 1 heterocycles. The third-order valence-electron chi connectivity index (χ3n) is 7.48. The number of urea groups is 1. The van der Waals surface area contributed by atoms with Crippen LogP contribution >= 0.6 is 11.6 Å². The van der Waals surface area contributed by atoms with Crippen LogP contribution in [0.3, 0.4) is 0 Å². The number of halogens is 1. The second-order valence-corrected chi connectivity index (χ2v) is 11.5. The third-order valence-corrected chi connectivity index (χ3v) is 7.71. The van der Waals surface area contributed by atoms with E-state index in [0.717, 1.165) is 36.9 Å². The highest BCUT2D eigenvalue weighted by atomic mass is 35.5. The molecule has 1 aliphatic carbocycles. The maximum absolute atomic E-state index is 13.3. The van der Waals surface area contributed by atoms with E-state index in [4.69, 9.17) is 21.6 Å². The van der Waals surface area contributed by atoms with Crippen molar-refractivity contribution in [1.82, 2.24) is 9.80 Å². The second kappa shape index (κ2) is 10.6. The van der Waals surface area contributed by atoms with Crippen molar-refractivity contribution in [3.63, 3.8) is 0 Å². The Morgan fingerprint density at radius 1 is 1.16 bits per heavy atom. The number of hydrogen-bond acceptors (Lipinski definition) is 4. The highest BCUT2D eigenvalue weighted by molar-refractivity contribution is 6.30. The van der Waals surface area contributed by atoms with Gasteiger partial charge in [-0.25, -0.2) is 9.59 Å². The molecular weight excluding hydrogens is 488 g/mol. The maximum atomic E-state index is 13.3. The van der Waals surface area contributed by atoms with Gasteiger partial charge in [0.1, 0.15) is 5.60 Å². The van der Waals surface area contributed by atoms with Gasteiger partial charge in [-0.2, -0.15) is 5.26 Å². The average Bonchev–Trinajstić information content (AvgIpc) is 3.24. The molecule has 2 aromatic rings. The molecule has 4 rings (SSSR count). The van der Waals surface area contributed by atoms with Gasteiger partial charge in [0, 0.05) is 36.9 Å². The highest BCUT2D eigenvalue weighted by Gasteiger charge is 2.45. The summed E-state index contributed by atoms with van der Waals surface area (Å²) < 4.78 is 5.73. The Morgan fingerprint density at radius 3 is 2.43 bits per heavy atom. The molecule has 2 aromatic carbocycles. The number of anilines is 1. The summed E-state index contributed by atoms with van der Waals surface area (Å²) in [5.41, 5.74) is 1.44. The molecule has 7 nitrogen and oxygen atoms in total. The van der Waals surface area contributed by atoms with E-state index in [2.05, 4.69) is 6.07 Å². The van der Waals surface area contributed by atoms with Gasteiger partial charge in [-0.3, -0.25) is 4.90 Å². The molecule has 0 radical (unpaired) electrons. The van der Waals surface area contributed by atoms with Crippen LogP contribution in [0, 0.1) is 11.3 Å². The first kappa shape index (κ1) is 26.8. The van der Waals surface area contributed by atoms with Crippen molar-refractivity contribution >= 4 is 29.4 Å². The molecule has 0 bridgehead atoms. The Kier molecular flexibility index (Phi) is 7.70. The van der Waals surface area contributed by atoms with Gasteiger partial charge in [-0.1, -0.05) is 23.7 Å². The van der Waals surface area contributed by atoms with Crippen LogP contribution in [-0.4, -0.2) is 59.2 Å². The zero-order chi connectivity index (χ0) is 26.8. The van der Waals surface area contributed by atoms with E-state index in [9.17, 15) is 9.59 Å². The Balaban J connectivity index is 1.50. The van der Waals surface area contributed by atoms with Crippen molar-refractivity contribution in [2.24, 2.45) is 0 Å². The lowest BCUT2D eigenvalue weighted by molar-refractivity contribution is -0.00937. The number of amides is 3. The van der Waals surface area contributed by atoms with E-state index in [1.807, 2.05) is 69.1 Å². The number of nitriles is 1. The summed E-state index contributed by atoms with van der Waals surface area (Å²) in [4.78, 5) is 32.0. The van der Waals surface area contributed by atoms with Crippen molar-refractivity contribution in [2.45, 2.75) is 70.1 Å². The molecule has 0 atom stereocenters. The Bertz CT molecular complexity index is 1180. The van der Waals surface area contributed by atoms with Crippen molar-refractivity contribution in [2.75, 3.05) is 25.0 Å². The number of rotatable bonds is 5. The molecule has 0 aromatic heterocycles. The first-order valence-corrected chi connectivity index (χ1v) is 13.2. The van der Waals surface area contributed by atoms with Gasteiger partial charge in [0.25, 0.3) is 0 Å². The summed E-state index contributed by atoms with van der Waals surface area (Å²) in [6, 6.07) is 17.1. The van der Waals surface area contributed by atoms with Gasteiger partial charge in [-0.05, 0) is 94.8 Å². The zero-order valence-corrected chi connectivity index (χ0v) is 22.8. The van der Waals surface area contributed by atoms with Gasteiger partial charge in [-0.15, -0.1) is 0 Å². The lowest BCUT2D eigenvalue weighted by Crippen LogP contribution is -2.56. The Hall–Kier alpha value is -3.24. The number of hydrogen-bond donors (Lipinski definition) is 0. The summed E-state index contributed by atoms with van der Waals surface area (Å²) in [5, 5.41) is 9.73. The molecule has 37 heavy (non-hydrogen) atoms. The quantitative estimate of drug-likeness (QED) is 0.465. The normalized spacial score (nSPS) is 22.1. The monoisotopic (exact) mass is 522 g/mol.